The zero-order valence-corrected chi connectivity index (χ0v) is 20.4. The van der Waals surface area contributed by atoms with Gasteiger partial charge < -0.3 is 10.4 Å². The molecule has 0 aromatic carbocycles. The summed E-state index contributed by atoms with van der Waals surface area (Å²) in [7, 11) is -3.95. The highest BCUT2D eigenvalue weighted by atomic mass is 32.3. The molecule has 176 valence electrons. The second-order valence-electron chi connectivity index (χ2n) is 9.65. The van der Waals surface area contributed by atoms with Crippen LogP contribution in [0.2, 0.25) is 0 Å². The molecule has 29 heavy (non-hydrogen) atoms. The predicted octanol–water partition coefficient (Wildman–Crippen LogP) is 4.72. The molecule has 0 heterocycles. The van der Waals surface area contributed by atoms with E-state index in [9.17, 15) is 13.9 Å². The molecular formula is C23H50N2O3S. The van der Waals surface area contributed by atoms with Gasteiger partial charge in [-0.3, -0.25) is 4.55 Å². The van der Waals surface area contributed by atoms with Crippen LogP contribution in [-0.4, -0.2) is 51.1 Å². The molecule has 1 saturated carbocycles. The Morgan fingerprint density at radius 1 is 1.03 bits per heavy atom. The summed E-state index contributed by atoms with van der Waals surface area (Å²) >= 11 is 0. The number of aliphatic hydroxyl groups excluding tert-OH is 1. The molecule has 1 aliphatic carbocycles. The Kier molecular flexibility index (Phi) is 12.5. The van der Waals surface area contributed by atoms with Crippen molar-refractivity contribution in [2.45, 2.75) is 109 Å². The lowest BCUT2D eigenvalue weighted by molar-refractivity contribution is 0.131. The van der Waals surface area contributed by atoms with E-state index in [-0.39, 0.29) is 17.3 Å². The molecule has 0 bridgehead atoms. The molecule has 4 N–H and O–H groups in total. The summed E-state index contributed by atoms with van der Waals surface area (Å²) in [5, 5.41) is 13.6. The molecule has 0 saturated heterocycles. The fraction of sp³-hybridized carbons (Fsp3) is 1.00. The molecule has 6 heteroatoms. The van der Waals surface area contributed by atoms with Gasteiger partial charge in [0.1, 0.15) is 0 Å². The molecule has 3 atom stereocenters. The van der Waals surface area contributed by atoms with Crippen LogP contribution in [0.25, 0.3) is 0 Å². The van der Waals surface area contributed by atoms with E-state index in [0.717, 1.165) is 51.1 Å². The molecule has 1 rings (SSSR count). The van der Waals surface area contributed by atoms with Gasteiger partial charge in [0.25, 0.3) is 0 Å². The van der Waals surface area contributed by atoms with Crippen molar-refractivity contribution in [2.24, 2.45) is 11.8 Å². The smallest absolute Gasteiger partial charge is 0.0612 e. The Morgan fingerprint density at radius 3 is 2.34 bits per heavy atom. The van der Waals surface area contributed by atoms with E-state index < -0.39 is 9.53 Å². The lowest BCUT2D eigenvalue weighted by Gasteiger charge is -2.49. The summed E-state index contributed by atoms with van der Waals surface area (Å²) in [6.07, 6.45) is 13.8. The van der Waals surface area contributed by atoms with Crippen molar-refractivity contribution < 1.29 is 13.9 Å². The third kappa shape index (κ3) is 10.7. The first-order chi connectivity index (χ1) is 13.7. The van der Waals surface area contributed by atoms with E-state index in [1.165, 1.54) is 38.4 Å². The Labute approximate surface area is 180 Å². The largest absolute Gasteiger partial charge is 0.393 e. The number of hydrogen-bond donors (Lipinski definition) is 4. The minimum absolute atomic E-state index is 0.000873. The normalized spacial score (nSPS) is 20.7. The predicted molar refractivity (Wildman–Crippen MR) is 127 cm³/mol. The van der Waals surface area contributed by atoms with Crippen LogP contribution in [0, 0.1) is 11.8 Å². The van der Waals surface area contributed by atoms with Crippen LogP contribution in [0.5, 0.6) is 0 Å². The van der Waals surface area contributed by atoms with Crippen LogP contribution >= 0.6 is 0 Å². The molecule has 0 aromatic rings. The highest BCUT2D eigenvalue weighted by Gasteiger charge is 2.36. The van der Waals surface area contributed by atoms with Crippen molar-refractivity contribution in [3.8, 4) is 0 Å². The summed E-state index contributed by atoms with van der Waals surface area (Å²) in [6.45, 7) is 8.69. The van der Waals surface area contributed by atoms with Gasteiger partial charge in [0, 0.05) is 12.8 Å². The lowest BCUT2D eigenvalue weighted by atomic mass is 9.89. The summed E-state index contributed by atoms with van der Waals surface area (Å²) < 4.78 is 27.6. The number of rotatable bonds is 16. The van der Waals surface area contributed by atoms with Crippen molar-refractivity contribution >= 4 is 9.53 Å². The molecular weight excluding hydrogens is 384 g/mol. The topological polar surface area (TPSA) is 81.6 Å². The van der Waals surface area contributed by atoms with E-state index in [0.29, 0.717) is 19.4 Å². The second-order valence-corrected chi connectivity index (χ2v) is 13.3. The average Bonchev–Trinajstić information content (AvgIpc) is 2.67. The van der Waals surface area contributed by atoms with Crippen molar-refractivity contribution in [3.05, 3.63) is 0 Å². The van der Waals surface area contributed by atoms with Gasteiger partial charge in [0.05, 0.1) is 11.4 Å². The van der Waals surface area contributed by atoms with E-state index in [1.807, 2.05) is 13.8 Å². The number of aliphatic hydroxyl groups is 1. The maximum Gasteiger partial charge on any atom is 0.0612 e. The highest BCUT2D eigenvalue weighted by Crippen LogP contribution is 2.33. The van der Waals surface area contributed by atoms with Gasteiger partial charge in [0.15, 0.2) is 0 Å². The van der Waals surface area contributed by atoms with Crippen LogP contribution < -0.4 is 10.0 Å². The standard InChI is InChI=1S/C23H50N2O3S/c1-5-7-14-22(26)18-20(3)23(29(4,27,28)25-16-6-2)15-11-17-24-19-21-12-9-8-10-13-21/h20-24,26H,5-19H2,1-4H3,(H2,25,27,28)/t20-,22?,23+/m1/s1. The third-order valence-corrected chi connectivity index (χ3v) is 9.62. The minimum Gasteiger partial charge on any atom is -0.393 e. The fourth-order valence-electron chi connectivity index (χ4n) is 4.83. The van der Waals surface area contributed by atoms with Crippen LogP contribution in [-0.2, 0) is 9.53 Å². The van der Waals surface area contributed by atoms with Gasteiger partial charge in [-0.2, -0.15) is 4.21 Å². The van der Waals surface area contributed by atoms with E-state index in [1.54, 1.807) is 0 Å². The number of nitrogens with one attached hydrogen (secondary N) is 2. The zero-order valence-electron chi connectivity index (χ0n) is 19.6. The van der Waals surface area contributed by atoms with Gasteiger partial charge in [-0.25, -0.2) is 4.72 Å². The molecule has 1 unspecified atom stereocenters. The SMILES string of the molecule is CCCCC(O)C[C@@H](C)[C@H](CCCNCC1CCCCC1)S(C)(=O)(O)NCCC. The van der Waals surface area contributed by atoms with Crippen molar-refractivity contribution in [1.29, 1.82) is 0 Å². The van der Waals surface area contributed by atoms with Gasteiger partial charge in [0.2, 0.25) is 0 Å². The van der Waals surface area contributed by atoms with Crippen LogP contribution in [0.3, 0.4) is 0 Å². The third-order valence-electron chi connectivity index (χ3n) is 6.59. The zero-order chi connectivity index (χ0) is 21.8. The summed E-state index contributed by atoms with van der Waals surface area (Å²) in [5.74, 6) is 0.804. The molecule has 1 aliphatic rings. The first kappa shape index (κ1) is 27.0. The Bertz CT molecular complexity index is 489. The molecule has 0 aromatic heterocycles. The van der Waals surface area contributed by atoms with Gasteiger partial charge >= 0.3 is 0 Å². The molecule has 1 fully saturated rings. The van der Waals surface area contributed by atoms with E-state index >= 15 is 0 Å². The molecule has 0 spiro atoms. The average molecular weight is 435 g/mol. The van der Waals surface area contributed by atoms with Gasteiger partial charge in [-0.15, -0.1) is 9.53 Å². The molecule has 0 aliphatic heterocycles. The Balaban J connectivity index is 2.60. The number of unbranched alkanes of at least 4 members (excludes halogenated alkanes) is 1. The van der Waals surface area contributed by atoms with Gasteiger partial charge in [-0.05, 0) is 69.9 Å². The highest BCUT2D eigenvalue weighted by molar-refractivity contribution is 8.13. The van der Waals surface area contributed by atoms with Crippen molar-refractivity contribution in [3.63, 3.8) is 0 Å². The van der Waals surface area contributed by atoms with Crippen LogP contribution in [0.15, 0.2) is 0 Å². The summed E-state index contributed by atoms with van der Waals surface area (Å²) in [6, 6.07) is 0. The maximum absolute atomic E-state index is 13.5. The first-order valence-corrected chi connectivity index (χ1v) is 14.6. The summed E-state index contributed by atoms with van der Waals surface area (Å²) in [5.41, 5.74) is 0. The second kappa shape index (κ2) is 13.4. The minimum atomic E-state index is -3.95. The quantitative estimate of drug-likeness (QED) is 0.265. The lowest BCUT2D eigenvalue weighted by Crippen LogP contribution is -2.57. The maximum atomic E-state index is 13.5. The fourth-order valence-corrected chi connectivity index (χ4v) is 7.67. The van der Waals surface area contributed by atoms with Crippen molar-refractivity contribution in [1.82, 2.24) is 10.0 Å². The van der Waals surface area contributed by atoms with Crippen LogP contribution in [0.4, 0.5) is 0 Å². The molecule has 5 nitrogen and oxygen atoms in total. The van der Waals surface area contributed by atoms with E-state index in [4.69, 9.17) is 0 Å². The summed E-state index contributed by atoms with van der Waals surface area (Å²) in [4.78, 5) is 0. The molecule has 0 radical (unpaired) electrons. The molecule has 0 amide bonds. The monoisotopic (exact) mass is 434 g/mol. The van der Waals surface area contributed by atoms with Crippen LogP contribution in [0.1, 0.15) is 97.8 Å². The number of hydrogen-bond acceptors (Lipinski definition) is 3. The van der Waals surface area contributed by atoms with Crippen molar-refractivity contribution in [2.75, 3.05) is 25.9 Å². The van der Waals surface area contributed by atoms with Gasteiger partial charge in [-0.1, -0.05) is 52.9 Å². The Morgan fingerprint density at radius 2 is 1.72 bits per heavy atom. The van der Waals surface area contributed by atoms with E-state index in [2.05, 4.69) is 17.0 Å². The first-order valence-electron chi connectivity index (χ1n) is 12.2. The Hall–Kier alpha value is -0.0100.